The number of unbranched alkanes of at least 4 members (excludes halogenated alkanes) is 15. The normalized spacial score (nSPS) is 10.9. The van der Waals surface area contributed by atoms with E-state index in [1.54, 1.807) is 6.07 Å². The summed E-state index contributed by atoms with van der Waals surface area (Å²) in [6.45, 7) is 3.10. The van der Waals surface area contributed by atoms with Gasteiger partial charge in [0, 0.05) is 12.6 Å². The van der Waals surface area contributed by atoms with Crippen molar-refractivity contribution >= 4 is 17.3 Å². The molecular weight excluding hydrogens is 364 g/mol. The number of hydrogen-bond donors (Lipinski definition) is 2. The van der Waals surface area contributed by atoms with E-state index in [4.69, 9.17) is 5.73 Å². The van der Waals surface area contributed by atoms with Crippen LogP contribution in [0, 0.1) is 10.1 Å². The molecule has 0 fully saturated rings. The van der Waals surface area contributed by atoms with Crippen molar-refractivity contribution in [2.24, 2.45) is 0 Å². The van der Waals surface area contributed by atoms with Crippen LogP contribution in [0.15, 0.2) is 12.1 Å². The molecule has 0 unspecified atom stereocenters. The van der Waals surface area contributed by atoms with Crippen LogP contribution < -0.4 is 11.1 Å². The number of anilines is 2. The number of nitrogens with two attached hydrogens (primary N) is 1. The fourth-order valence-electron chi connectivity index (χ4n) is 3.61. The van der Waals surface area contributed by atoms with Gasteiger partial charge in [-0.05, 0) is 12.5 Å². The highest BCUT2D eigenvalue weighted by molar-refractivity contribution is 5.57. The van der Waals surface area contributed by atoms with Crippen LogP contribution in [0.3, 0.4) is 0 Å². The maximum absolute atomic E-state index is 10.7. The van der Waals surface area contributed by atoms with Crippen LogP contribution in [-0.4, -0.2) is 16.5 Å². The van der Waals surface area contributed by atoms with E-state index in [2.05, 4.69) is 17.2 Å². The zero-order valence-electron chi connectivity index (χ0n) is 18.5. The van der Waals surface area contributed by atoms with Gasteiger partial charge >= 0.3 is 5.69 Å². The zero-order chi connectivity index (χ0) is 21.2. The topological polar surface area (TPSA) is 94.1 Å². The average Bonchev–Trinajstić information content (AvgIpc) is 2.70. The Morgan fingerprint density at radius 2 is 1.28 bits per heavy atom. The second-order valence-corrected chi connectivity index (χ2v) is 8.09. The molecule has 1 rings (SSSR count). The van der Waals surface area contributed by atoms with E-state index < -0.39 is 4.92 Å². The molecule has 0 aliphatic heterocycles. The highest BCUT2D eigenvalue weighted by Crippen LogP contribution is 2.20. The first-order valence-electron chi connectivity index (χ1n) is 11.8. The highest BCUT2D eigenvalue weighted by Gasteiger charge is 2.12. The highest BCUT2D eigenvalue weighted by atomic mass is 16.6. The molecule has 0 saturated carbocycles. The van der Waals surface area contributed by atoms with Gasteiger partial charge in [0.15, 0.2) is 0 Å². The van der Waals surface area contributed by atoms with Gasteiger partial charge in [0.25, 0.3) is 0 Å². The Balaban J connectivity index is 1.85. The van der Waals surface area contributed by atoms with Crippen molar-refractivity contribution in [2.45, 2.75) is 110 Å². The molecule has 0 radical (unpaired) electrons. The molecule has 29 heavy (non-hydrogen) atoms. The molecule has 0 aliphatic rings. The smallest absolute Gasteiger partial charge is 0.311 e. The molecule has 6 heteroatoms. The van der Waals surface area contributed by atoms with Crippen LogP contribution in [-0.2, 0) is 0 Å². The minimum atomic E-state index is -0.512. The Morgan fingerprint density at radius 1 is 0.828 bits per heavy atom. The summed E-state index contributed by atoms with van der Waals surface area (Å²) < 4.78 is 0. The Labute approximate surface area is 177 Å². The third kappa shape index (κ3) is 13.1. The van der Waals surface area contributed by atoms with E-state index in [1.165, 1.54) is 102 Å². The number of nitrogens with one attached hydrogen (secondary N) is 1. The van der Waals surface area contributed by atoms with E-state index in [0.717, 1.165) is 13.0 Å². The molecule has 0 bridgehead atoms. The second-order valence-electron chi connectivity index (χ2n) is 8.09. The third-order valence-electron chi connectivity index (χ3n) is 5.44. The number of nitro groups is 1. The monoisotopic (exact) mass is 406 g/mol. The van der Waals surface area contributed by atoms with Crippen LogP contribution in [0.2, 0.25) is 0 Å². The molecule has 0 spiro atoms. The first-order chi connectivity index (χ1) is 14.1. The summed E-state index contributed by atoms with van der Waals surface area (Å²) in [7, 11) is 0. The average molecular weight is 407 g/mol. The Morgan fingerprint density at radius 3 is 1.69 bits per heavy atom. The number of nitrogen functional groups attached to an aromatic ring is 1. The molecular formula is C23H42N4O2. The predicted molar refractivity (Wildman–Crippen MR) is 123 cm³/mol. The summed E-state index contributed by atoms with van der Waals surface area (Å²) in [5.74, 6) is 0.570. The Hall–Kier alpha value is -1.85. The lowest BCUT2D eigenvalue weighted by molar-refractivity contribution is -0.384. The standard InChI is InChI=1S/C23H42N4O2/c1-2-3-4-5-6-7-8-9-10-11-12-13-14-15-16-17-20-25-22-19-18-21(27(28)29)23(24)26-22/h18-19H,2-17,20H2,1H3,(H3,24,25,26). The fraction of sp³-hybridized carbons (Fsp3) is 0.783. The molecule has 1 heterocycles. The number of hydrogen-bond acceptors (Lipinski definition) is 5. The van der Waals surface area contributed by atoms with E-state index in [1.807, 2.05) is 0 Å². The van der Waals surface area contributed by atoms with E-state index in [-0.39, 0.29) is 11.5 Å². The van der Waals surface area contributed by atoms with Crippen molar-refractivity contribution in [3.63, 3.8) is 0 Å². The summed E-state index contributed by atoms with van der Waals surface area (Å²) in [6.07, 6.45) is 21.7. The van der Waals surface area contributed by atoms with Gasteiger partial charge in [-0.3, -0.25) is 10.1 Å². The number of pyridine rings is 1. The van der Waals surface area contributed by atoms with Gasteiger partial charge in [0.05, 0.1) is 4.92 Å². The van der Waals surface area contributed by atoms with Crippen molar-refractivity contribution in [2.75, 3.05) is 17.6 Å². The minimum absolute atomic E-state index is 0.0352. The maximum Gasteiger partial charge on any atom is 0.311 e. The molecule has 0 aliphatic carbocycles. The molecule has 0 amide bonds. The molecule has 0 saturated heterocycles. The van der Waals surface area contributed by atoms with Gasteiger partial charge in [-0.15, -0.1) is 0 Å². The third-order valence-corrected chi connectivity index (χ3v) is 5.44. The SMILES string of the molecule is CCCCCCCCCCCCCCCCCCNc1ccc([N+](=O)[O-])c(N)n1. The number of nitrogens with zero attached hydrogens (tertiary/aromatic N) is 2. The number of aromatic nitrogens is 1. The Kier molecular flexibility index (Phi) is 14.8. The summed E-state index contributed by atoms with van der Waals surface area (Å²) in [4.78, 5) is 14.2. The summed E-state index contributed by atoms with van der Waals surface area (Å²) >= 11 is 0. The van der Waals surface area contributed by atoms with Gasteiger partial charge in [-0.1, -0.05) is 103 Å². The Bertz CT molecular complexity index is 552. The van der Waals surface area contributed by atoms with Crippen LogP contribution in [0.5, 0.6) is 0 Å². The van der Waals surface area contributed by atoms with Crippen LogP contribution in [0.1, 0.15) is 110 Å². The molecule has 0 atom stereocenters. The first-order valence-corrected chi connectivity index (χ1v) is 11.8. The molecule has 0 aromatic carbocycles. The molecule has 6 nitrogen and oxygen atoms in total. The maximum atomic E-state index is 10.7. The van der Waals surface area contributed by atoms with Gasteiger partial charge < -0.3 is 11.1 Å². The van der Waals surface area contributed by atoms with E-state index >= 15 is 0 Å². The molecule has 166 valence electrons. The first kappa shape index (κ1) is 25.2. The quantitative estimate of drug-likeness (QED) is 0.143. The van der Waals surface area contributed by atoms with Gasteiger partial charge in [0.1, 0.15) is 5.82 Å². The van der Waals surface area contributed by atoms with Gasteiger partial charge in [-0.25, -0.2) is 4.98 Å². The second kappa shape index (κ2) is 17.0. The van der Waals surface area contributed by atoms with Crippen molar-refractivity contribution in [1.29, 1.82) is 0 Å². The van der Waals surface area contributed by atoms with Crippen molar-refractivity contribution in [3.8, 4) is 0 Å². The predicted octanol–water partition coefficient (Wildman–Crippen LogP) is 7.25. The van der Waals surface area contributed by atoms with Crippen LogP contribution in [0.4, 0.5) is 17.3 Å². The van der Waals surface area contributed by atoms with Crippen molar-refractivity contribution < 1.29 is 4.92 Å². The van der Waals surface area contributed by atoms with Crippen molar-refractivity contribution in [1.82, 2.24) is 4.98 Å². The lowest BCUT2D eigenvalue weighted by Crippen LogP contribution is -2.06. The summed E-state index contributed by atoms with van der Waals surface area (Å²) in [5.41, 5.74) is 5.45. The van der Waals surface area contributed by atoms with E-state index in [0.29, 0.717) is 5.82 Å². The zero-order valence-corrected chi connectivity index (χ0v) is 18.5. The van der Waals surface area contributed by atoms with Crippen LogP contribution in [0.25, 0.3) is 0 Å². The largest absolute Gasteiger partial charge is 0.378 e. The molecule has 1 aromatic rings. The summed E-state index contributed by atoms with van der Waals surface area (Å²) in [6, 6.07) is 3.01. The molecule has 3 N–H and O–H groups in total. The molecule has 1 aromatic heterocycles. The minimum Gasteiger partial charge on any atom is -0.378 e. The summed E-state index contributed by atoms with van der Waals surface area (Å²) in [5, 5.41) is 13.9. The lowest BCUT2D eigenvalue weighted by Gasteiger charge is -2.06. The van der Waals surface area contributed by atoms with Crippen LogP contribution >= 0.6 is 0 Å². The number of rotatable bonds is 19. The van der Waals surface area contributed by atoms with E-state index in [9.17, 15) is 10.1 Å². The fourth-order valence-corrected chi connectivity index (χ4v) is 3.61. The van der Waals surface area contributed by atoms with Gasteiger partial charge in [0.2, 0.25) is 5.82 Å². The van der Waals surface area contributed by atoms with Gasteiger partial charge in [-0.2, -0.15) is 0 Å². The van der Waals surface area contributed by atoms with Crippen molar-refractivity contribution in [3.05, 3.63) is 22.2 Å². The lowest BCUT2D eigenvalue weighted by atomic mass is 10.0.